The number of carbonyl (C=O) groups excluding carboxylic acids is 1. The van der Waals surface area contributed by atoms with Gasteiger partial charge in [-0.2, -0.15) is 0 Å². The van der Waals surface area contributed by atoms with Crippen molar-refractivity contribution in [3.63, 3.8) is 0 Å². The van der Waals surface area contributed by atoms with Crippen LogP contribution in [-0.2, 0) is 14.8 Å². The van der Waals surface area contributed by atoms with Crippen molar-refractivity contribution in [1.82, 2.24) is 0 Å². The zero-order valence-corrected chi connectivity index (χ0v) is 10.5. The molecule has 0 spiro atoms. The highest BCUT2D eigenvalue weighted by molar-refractivity contribution is 7.89. The van der Waals surface area contributed by atoms with Crippen molar-refractivity contribution in [2.75, 3.05) is 5.32 Å². The van der Waals surface area contributed by atoms with Crippen LogP contribution in [0.5, 0.6) is 0 Å². The summed E-state index contributed by atoms with van der Waals surface area (Å²) in [7, 11) is -3.89. The number of hydrogen-bond acceptors (Lipinski definition) is 4. The largest absolute Gasteiger partial charge is 0.324 e. The Morgan fingerprint density at radius 3 is 2.61 bits per heavy atom. The minimum Gasteiger partial charge on any atom is -0.324 e. The van der Waals surface area contributed by atoms with Crippen molar-refractivity contribution in [3.8, 4) is 0 Å². The Kier molecular flexibility index (Phi) is 4.60. The van der Waals surface area contributed by atoms with Gasteiger partial charge in [0.1, 0.15) is 4.90 Å². The highest BCUT2D eigenvalue weighted by Crippen LogP contribution is 2.19. The lowest BCUT2D eigenvalue weighted by molar-refractivity contribution is -0.117. The predicted molar refractivity (Wildman–Crippen MR) is 69.2 cm³/mol. The van der Waals surface area contributed by atoms with Crippen LogP contribution < -0.4 is 16.2 Å². The lowest BCUT2D eigenvalue weighted by Crippen LogP contribution is -2.35. The standard InChI is InChI=1S/C11H15N3O3S/c1-2-5-8(12)11(15)14-9-6-3-4-7-10(9)18(13,16)17/h2-4,6-8H,1,5,12H2,(H,14,15)(H2,13,16,17). The maximum atomic E-state index is 11.7. The van der Waals surface area contributed by atoms with E-state index in [9.17, 15) is 13.2 Å². The topological polar surface area (TPSA) is 115 Å². The Hall–Kier alpha value is -1.70. The molecule has 6 nitrogen and oxygen atoms in total. The molecule has 7 heteroatoms. The first kappa shape index (κ1) is 14.4. The molecular weight excluding hydrogens is 254 g/mol. The normalized spacial score (nSPS) is 12.8. The van der Waals surface area contributed by atoms with Gasteiger partial charge in [-0.3, -0.25) is 4.79 Å². The van der Waals surface area contributed by atoms with Crippen molar-refractivity contribution in [2.24, 2.45) is 10.9 Å². The molecule has 0 heterocycles. The second kappa shape index (κ2) is 5.76. The van der Waals surface area contributed by atoms with Crippen LogP contribution in [0.2, 0.25) is 0 Å². The number of benzene rings is 1. The summed E-state index contributed by atoms with van der Waals surface area (Å²) in [5.74, 6) is -0.494. The molecule has 1 aromatic rings. The molecule has 0 saturated carbocycles. The van der Waals surface area contributed by atoms with Crippen molar-refractivity contribution in [3.05, 3.63) is 36.9 Å². The molecule has 0 aliphatic carbocycles. The summed E-state index contributed by atoms with van der Waals surface area (Å²) >= 11 is 0. The van der Waals surface area contributed by atoms with Crippen molar-refractivity contribution in [2.45, 2.75) is 17.4 Å². The van der Waals surface area contributed by atoms with Gasteiger partial charge < -0.3 is 11.1 Å². The Bertz CT molecular complexity index is 554. The number of anilines is 1. The van der Waals surface area contributed by atoms with Gasteiger partial charge in [-0.1, -0.05) is 18.2 Å². The van der Waals surface area contributed by atoms with Crippen molar-refractivity contribution >= 4 is 21.6 Å². The first-order valence-electron chi connectivity index (χ1n) is 5.15. The molecule has 1 unspecified atom stereocenters. The average Bonchev–Trinajstić information content (AvgIpc) is 2.28. The highest BCUT2D eigenvalue weighted by Gasteiger charge is 2.17. The van der Waals surface area contributed by atoms with Crippen LogP contribution in [0.4, 0.5) is 5.69 Å². The first-order valence-corrected chi connectivity index (χ1v) is 6.70. The Morgan fingerprint density at radius 2 is 2.06 bits per heavy atom. The molecule has 0 aliphatic rings. The van der Waals surface area contributed by atoms with E-state index in [2.05, 4.69) is 11.9 Å². The summed E-state index contributed by atoms with van der Waals surface area (Å²) < 4.78 is 22.6. The SMILES string of the molecule is C=CCC(N)C(=O)Nc1ccccc1S(N)(=O)=O. The predicted octanol–water partition coefficient (Wildman–Crippen LogP) is 0.176. The third kappa shape index (κ3) is 3.66. The van der Waals surface area contributed by atoms with Crippen molar-refractivity contribution < 1.29 is 13.2 Å². The van der Waals surface area contributed by atoms with Gasteiger partial charge in [0.2, 0.25) is 15.9 Å². The van der Waals surface area contributed by atoms with E-state index in [0.29, 0.717) is 6.42 Å². The Balaban J connectivity index is 2.99. The number of para-hydroxylation sites is 1. The molecule has 1 aromatic carbocycles. The second-order valence-electron chi connectivity index (χ2n) is 3.66. The minimum atomic E-state index is -3.89. The molecular formula is C11H15N3O3S. The second-order valence-corrected chi connectivity index (χ2v) is 5.19. The average molecular weight is 269 g/mol. The first-order chi connectivity index (χ1) is 8.36. The fourth-order valence-corrected chi connectivity index (χ4v) is 2.02. The van der Waals surface area contributed by atoms with Gasteiger partial charge in [0.15, 0.2) is 0 Å². The van der Waals surface area contributed by atoms with Gasteiger partial charge >= 0.3 is 0 Å². The number of primary sulfonamides is 1. The van der Waals surface area contributed by atoms with E-state index < -0.39 is 22.0 Å². The smallest absolute Gasteiger partial charge is 0.241 e. The molecule has 0 fully saturated rings. The van der Waals surface area contributed by atoms with Crippen LogP contribution in [-0.4, -0.2) is 20.4 Å². The summed E-state index contributed by atoms with van der Waals surface area (Å²) in [6.07, 6.45) is 1.80. The number of carbonyl (C=O) groups is 1. The molecule has 0 radical (unpaired) electrons. The molecule has 1 atom stereocenters. The molecule has 98 valence electrons. The van der Waals surface area contributed by atoms with E-state index in [0.717, 1.165) is 0 Å². The van der Waals surface area contributed by atoms with E-state index in [4.69, 9.17) is 10.9 Å². The van der Waals surface area contributed by atoms with Crippen LogP contribution in [0.1, 0.15) is 6.42 Å². The molecule has 0 aliphatic heterocycles. The monoisotopic (exact) mass is 269 g/mol. The van der Waals surface area contributed by atoms with Crippen LogP contribution in [0.15, 0.2) is 41.8 Å². The van der Waals surface area contributed by atoms with Gasteiger partial charge in [-0.05, 0) is 18.6 Å². The van der Waals surface area contributed by atoms with Gasteiger partial charge in [0.25, 0.3) is 0 Å². The third-order valence-corrected chi connectivity index (χ3v) is 3.18. The lowest BCUT2D eigenvalue weighted by atomic mass is 10.2. The van der Waals surface area contributed by atoms with Gasteiger partial charge in [-0.25, -0.2) is 13.6 Å². The fraction of sp³-hybridized carbons (Fsp3) is 0.182. The summed E-state index contributed by atoms with van der Waals surface area (Å²) in [6.45, 7) is 3.47. The van der Waals surface area contributed by atoms with E-state index >= 15 is 0 Å². The minimum absolute atomic E-state index is 0.115. The fourth-order valence-electron chi connectivity index (χ4n) is 1.33. The van der Waals surface area contributed by atoms with Gasteiger partial charge in [0.05, 0.1) is 11.7 Å². The number of nitrogens with one attached hydrogen (secondary N) is 1. The number of amides is 1. The van der Waals surface area contributed by atoms with E-state index in [1.54, 1.807) is 6.07 Å². The molecule has 1 amide bonds. The van der Waals surface area contributed by atoms with Crippen LogP contribution in [0.25, 0.3) is 0 Å². The van der Waals surface area contributed by atoms with E-state index in [-0.39, 0.29) is 10.6 Å². The maximum Gasteiger partial charge on any atom is 0.241 e. The molecule has 0 bridgehead atoms. The molecule has 1 rings (SSSR count). The molecule has 0 saturated heterocycles. The summed E-state index contributed by atoms with van der Waals surface area (Å²) in [5.41, 5.74) is 5.69. The molecule has 5 N–H and O–H groups in total. The van der Waals surface area contributed by atoms with Crippen LogP contribution in [0, 0.1) is 0 Å². The quantitative estimate of drug-likeness (QED) is 0.661. The summed E-state index contributed by atoms with van der Waals surface area (Å²) in [5, 5.41) is 7.47. The zero-order valence-electron chi connectivity index (χ0n) is 9.67. The molecule has 18 heavy (non-hydrogen) atoms. The maximum absolute atomic E-state index is 11.7. The number of hydrogen-bond donors (Lipinski definition) is 3. The van der Waals surface area contributed by atoms with Crippen LogP contribution >= 0.6 is 0 Å². The van der Waals surface area contributed by atoms with E-state index in [1.165, 1.54) is 24.3 Å². The summed E-state index contributed by atoms with van der Waals surface area (Å²) in [4.78, 5) is 11.5. The van der Waals surface area contributed by atoms with E-state index in [1.807, 2.05) is 0 Å². The molecule has 0 aromatic heterocycles. The van der Waals surface area contributed by atoms with Gasteiger partial charge in [0, 0.05) is 0 Å². The van der Waals surface area contributed by atoms with Crippen LogP contribution in [0.3, 0.4) is 0 Å². The zero-order chi connectivity index (χ0) is 13.8. The highest BCUT2D eigenvalue weighted by atomic mass is 32.2. The number of rotatable bonds is 5. The summed E-state index contributed by atoms with van der Waals surface area (Å²) in [6, 6.07) is 5.07. The number of sulfonamides is 1. The Morgan fingerprint density at radius 1 is 1.44 bits per heavy atom. The lowest BCUT2D eigenvalue weighted by Gasteiger charge is -2.12. The van der Waals surface area contributed by atoms with Gasteiger partial charge in [-0.15, -0.1) is 6.58 Å². The number of nitrogens with two attached hydrogens (primary N) is 2. The third-order valence-electron chi connectivity index (χ3n) is 2.21. The Labute approximate surface area is 106 Å². The van der Waals surface area contributed by atoms with Crippen molar-refractivity contribution in [1.29, 1.82) is 0 Å².